The Labute approximate surface area is 147 Å². The number of piperazine rings is 1. The van der Waals surface area contributed by atoms with Crippen molar-refractivity contribution in [3.8, 4) is 0 Å². The molecule has 0 atom stereocenters. The van der Waals surface area contributed by atoms with E-state index in [-0.39, 0.29) is 5.91 Å². The molecule has 1 fully saturated rings. The molecule has 1 aliphatic heterocycles. The van der Waals surface area contributed by atoms with E-state index in [4.69, 9.17) is 16.1 Å². The van der Waals surface area contributed by atoms with Crippen molar-refractivity contribution in [3.63, 3.8) is 0 Å². The van der Waals surface area contributed by atoms with Crippen molar-refractivity contribution >= 4 is 17.5 Å². The summed E-state index contributed by atoms with van der Waals surface area (Å²) < 4.78 is 5.26. The molecule has 3 rings (SSSR count). The van der Waals surface area contributed by atoms with Gasteiger partial charge in [-0.15, -0.1) is 0 Å². The van der Waals surface area contributed by atoms with Gasteiger partial charge in [-0.1, -0.05) is 35.0 Å². The lowest BCUT2D eigenvalue weighted by atomic mass is 10.1. The fourth-order valence-electron chi connectivity index (χ4n) is 2.97. The average Bonchev–Trinajstić information content (AvgIpc) is 2.99. The molecule has 0 N–H and O–H groups in total. The van der Waals surface area contributed by atoms with E-state index in [9.17, 15) is 4.79 Å². The van der Waals surface area contributed by atoms with Crippen LogP contribution in [0.4, 0.5) is 0 Å². The Kier molecular flexibility index (Phi) is 5.53. The van der Waals surface area contributed by atoms with E-state index in [2.05, 4.69) is 10.1 Å². The molecule has 0 saturated carbocycles. The Morgan fingerprint density at radius 3 is 2.67 bits per heavy atom. The molecule has 1 aliphatic rings. The lowest BCUT2D eigenvalue weighted by Gasteiger charge is -2.34. The number of hydrogen-bond acceptors (Lipinski definition) is 4. The average molecular weight is 348 g/mol. The van der Waals surface area contributed by atoms with E-state index in [1.165, 1.54) is 0 Å². The standard InChI is InChI=1S/C18H22ClN3O2/c1-14-12-16(24-20-14)13-21-8-10-22(11-9-21)18(23)7-6-15-4-2-3-5-17(15)19/h2-5,12H,6-11,13H2,1H3. The molecule has 1 amide bonds. The number of aryl methyl sites for hydroxylation is 2. The third kappa shape index (κ3) is 4.36. The fraction of sp³-hybridized carbons (Fsp3) is 0.444. The molecule has 6 heteroatoms. The van der Waals surface area contributed by atoms with E-state index in [0.717, 1.165) is 54.8 Å². The van der Waals surface area contributed by atoms with Crippen LogP contribution >= 0.6 is 11.6 Å². The number of aromatic nitrogens is 1. The first-order valence-corrected chi connectivity index (χ1v) is 8.65. The normalized spacial score (nSPS) is 15.7. The van der Waals surface area contributed by atoms with Gasteiger partial charge in [0.05, 0.1) is 12.2 Å². The predicted molar refractivity (Wildman–Crippen MR) is 92.9 cm³/mol. The van der Waals surface area contributed by atoms with Crippen LogP contribution in [0.3, 0.4) is 0 Å². The van der Waals surface area contributed by atoms with Gasteiger partial charge in [0.2, 0.25) is 5.91 Å². The van der Waals surface area contributed by atoms with Crippen molar-refractivity contribution in [2.45, 2.75) is 26.3 Å². The van der Waals surface area contributed by atoms with Crippen molar-refractivity contribution in [3.05, 3.63) is 52.4 Å². The van der Waals surface area contributed by atoms with Crippen LogP contribution < -0.4 is 0 Å². The summed E-state index contributed by atoms with van der Waals surface area (Å²) in [7, 11) is 0. The van der Waals surface area contributed by atoms with E-state index in [1.807, 2.05) is 42.2 Å². The number of hydrogen-bond donors (Lipinski definition) is 0. The van der Waals surface area contributed by atoms with Crippen LogP contribution in [0, 0.1) is 6.92 Å². The maximum absolute atomic E-state index is 12.4. The predicted octanol–water partition coefficient (Wildman–Crippen LogP) is 2.91. The number of benzene rings is 1. The summed E-state index contributed by atoms with van der Waals surface area (Å²) in [6.07, 6.45) is 1.20. The maximum atomic E-state index is 12.4. The first-order valence-electron chi connectivity index (χ1n) is 8.27. The van der Waals surface area contributed by atoms with Gasteiger partial charge in [0, 0.05) is 43.7 Å². The quantitative estimate of drug-likeness (QED) is 0.834. The second kappa shape index (κ2) is 7.81. The number of rotatable bonds is 5. The minimum Gasteiger partial charge on any atom is -0.360 e. The summed E-state index contributed by atoms with van der Waals surface area (Å²) in [6, 6.07) is 9.66. The van der Waals surface area contributed by atoms with E-state index in [1.54, 1.807) is 0 Å². The Morgan fingerprint density at radius 2 is 2.00 bits per heavy atom. The molecular formula is C18H22ClN3O2. The van der Waals surface area contributed by atoms with Gasteiger partial charge in [-0.05, 0) is 25.0 Å². The Bertz CT molecular complexity index is 693. The maximum Gasteiger partial charge on any atom is 0.222 e. The highest BCUT2D eigenvalue weighted by Gasteiger charge is 2.21. The van der Waals surface area contributed by atoms with Gasteiger partial charge in [-0.25, -0.2) is 0 Å². The number of amides is 1. The molecule has 5 nitrogen and oxygen atoms in total. The number of carbonyl (C=O) groups excluding carboxylic acids is 1. The number of halogens is 1. The van der Waals surface area contributed by atoms with E-state index < -0.39 is 0 Å². The second-order valence-corrected chi connectivity index (χ2v) is 6.59. The number of nitrogens with zero attached hydrogens (tertiary/aromatic N) is 3. The van der Waals surface area contributed by atoms with Crippen molar-refractivity contribution in [2.24, 2.45) is 0 Å². The van der Waals surface area contributed by atoms with Crippen LogP contribution in [0.1, 0.15) is 23.4 Å². The van der Waals surface area contributed by atoms with Crippen molar-refractivity contribution in [1.29, 1.82) is 0 Å². The summed E-state index contributed by atoms with van der Waals surface area (Å²) in [4.78, 5) is 16.6. The summed E-state index contributed by atoms with van der Waals surface area (Å²) in [6.45, 7) is 5.91. The zero-order valence-corrected chi connectivity index (χ0v) is 14.6. The van der Waals surface area contributed by atoms with Gasteiger partial charge in [0.25, 0.3) is 0 Å². The van der Waals surface area contributed by atoms with Crippen molar-refractivity contribution < 1.29 is 9.32 Å². The smallest absolute Gasteiger partial charge is 0.222 e. The molecule has 2 aromatic rings. The molecule has 24 heavy (non-hydrogen) atoms. The highest BCUT2D eigenvalue weighted by molar-refractivity contribution is 6.31. The van der Waals surface area contributed by atoms with Gasteiger partial charge in [0.1, 0.15) is 0 Å². The minimum absolute atomic E-state index is 0.199. The van der Waals surface area contributed by atoms with Gasteiger partial charge in [-0.2, -0.15) is 0 Å². The van der Waals surface area contributed by atoms with Crippen LogP contribution in [0.25, 0.3) is 0 Å². The fourth-order valence-corrected chi connectivity index (χ4v) is 3.20. The van der Waals surface area contributed by atoms with Gasteiger partial charge in [0.15, 0.2) is 5.76 Å². The van der Waals surface area contributed by atoms with Crippen molar-refractivity contribution in [1.82, 2.24) is 15.0 Å². The van der Waals surface area contributed by atoms with E-state index in [0.29, 0.717) is 12.8 Å². The van der Waals surface area contributed by atoms with Crippen LogP contribution in [0.5, 0.6) is 0 Å². The molecule has 0 unspecified atom stereocenters. The summed E-state index contributed by atoms with van der Waals surface area (Å²) in [5, 5.41) is 4.64. The van der Waals surface area contributed by atoms with Crippen molar-refractivity contribution in [2.75, 3.05) is 26.2 Å². The zero-order chi connectivity index (χ0) is 16.9. The second-order valence-electron chi connectivity index (χ2n) is 6.18. The molecule has 1 aromatic heterocycles. The monoisotopic (exact) mass is 347 g/mol. The first-order chi connectivity index (χ1) is 11.6. The molecule has 0 bridgehead atoms. The van der Waals surface area contributed by atoms with Crippen LogP contribution in [-0.2, 0) is 17.8 Å². The molecule has 0 radical (unpaired) electrons. The summed E-state index contributed by atoms with van der Waals surface area (Å²) >= 11 is 6.15. The highest BCUT2D eigenvalue weighted by atomic mass is 35.5. The SMILES string of the molecule is Cc1cc(CN2CCN(C(=O)CCc3ccccc3Cl)CC2)on1. The molecule has 0 spiro atoms. The third-order valence-electron chi connectivity index (χ3n) is 4.35. The lowest BCUT2D eigenvalue weighted by molar-refractivity contribution is -0.133. The highest BCUT2D eigenvalue weighted by Crippen LogP contribution is 2.17. The Hall–Kier alpha value is -1.85. The van der Waals surface area contributed by atoms with Crippen LogP contribution in [0.15, 0.2) is 34.9 Å². The molecule has 128 valence electrons. The number of carbonyl (C=O) groups is 1. The molecule has 1 saturated heterocycles. The van der Waals surface area contributed by atoms with Gasteiger partial charge < -0.3 is 9.42 Å². The van der Waals surface area contributed by atoms with Crippen LogP contribution in [-0.4, -0.2) is 47.0 Å². The first kappa shape index (κ1) is 17.0. The molecule has 1 aromatic carbocycles. The molecule has 2 heterocycles. The summed E-state index contributed by atoms with van der Waals surface area (Å²) in [5.74, 6) is 1.08. The van der Waals surface area contributed by atoms with Gasteiger partial charge in [-0.3, -0.25) is 9.69 Å². The third-order valence-corrected chi connectivity index (χ3v) is 4.72. The van der Waals surface area contributed by atoms with Crippen LogP contribution in [0.2, 0.25) is 5.02 Å². The zero-order valence-electron chi connectivity index (χ0n) is 13.9. The Balaban J connectivity index is 1.44. The van der Waals surface area contributed by atoms with E-state index >= 15 is 0 Å². The summed E-state index contributed by atoms with van der Waals surface area (Å²) in [5.41, 5.74) is 1.94. The van der Waals surface area contributed by atoms with Gasteiger partial charge >= 0.3 is 0 Å². The molecule has 0 aliphatic carbocycles. The minimum atomic E-state index is 0.199. The molecular weight excluding hydrogens is 326 g/mol. The topological polar surface area (TPSA) is 49.6 Å². The lowest BCUT2D eigenvalue weighted by Crippen LogP contribution is -2.48. The largest absolute Gasteiger partial charge is 0.360 e. The Morgan fingerprint density at radius 1 is 1.25 bits per heavy atom.